The first-order chi connectivity index (χ1) is 21.1. The number of rotatable bonds is 13. The van der Waals surface area contributed by atoms with Crippen molar-refractivity contribution in [1.82, 2.24) is 10.2 Å². The van der Waals surface area contributed by atoms with Gasteiger partial charge in [0, 0.05) is 23.1 Å². The molecule has 0 saturated heterocycles. The Balaban J connectivity index is 1.70. The number of carbonyl (C=O) groups is 2. The Morgan fingerprint density at radius 1 is 0.864 bits per heavy atom. The summed E-state index contributed by atoms with van der Waals surface area (Å²) in [5.74, 6) is 0.143. The van der Waals surface area contributed by atoms with Crippen molar-refractivity contribution in [1.29, 1.82) is 0 Å². The van der Waals surface area contributed by atoms with Crippen LogP contribution in [-0.2, 0) is 26.2 Å². The highest BCUT2D eigenvalue weighted by Crippen LogP contribution is 2.29. The molecule has 0 aliphatic heterocycles. The summed E-state index contributed by atoms with van der Waals surface area (Å²) in [7, 11) is -4.20. The molecule has 2 amide bonds. The summed E-state index contributed by atoms with van der Waals surface area (Å²) < 4.78 is 34.8. The van der Waals surface area contributed by atoms with E-state index in [1.54, 1.807) is 79.7 Å². The molecule has 0 aromatic heterocycles. The van der Waals surface area contributed by atoms with E-state index < -0.39 is 28.5 Å². The van der Waals surface area contributed by atoms with Gasteiger partial charge in [0.15, 0.2) is 0 Å². The Hall–Kier alpha value is -4.05. The number of para-hydroxylation sites is 1. The normalized spacial score (nSPS) is 11.8. The van der Waals surface area contributed by atoms with Gasteiger partial charge < -0.3 is 15.0 Å². The molecule has 1 atom stereocenters. The topological polar surface area (TPSA) is 96.0 Å². The fourth-order valence-corrected chi connectivity index (χ4v) is 6.27. The standard InChI is InChI=1S/C33H33Cl2N3O5S/c1-3-20-36-33(40)24(2)37(22-25-14-15-26(34)21-31(25)35)32(39)23-38(44(41,42)30-12-8-5-9-13-30)27-16-18-29(19-17-27)43-28-10-6-4-7-11-28/h4-19,21,24H,3,20,22-23H2,1-2H3,(H,36,40)/t24-/m1/s1. The van der Waals surface area contributed by atoms with Crippen LogP contribution in [-0.4, -0.2) is 44.3 Å². The number of sulfonamides is 1. The van der Waals surface area contributed by atoms with E-state index in [2.05, 4.69) is 5.32 Å². The average Bonchev–Trinajstić information content (AvgIpc) is 3.03. The molecule has 0 unspecified atom stereocenters. The van der Waals surface area contributed by atoms with Crippen LogP contribution < -0.4 is 14.4 Å². The number of anilines is 1. The number of halogens is 2. The third-order valence-electron chi connectivity index (χ3n) is 6.79. The van der Waals surface area contributed by atoms with Crippen LogP contribution in [0.3, 0.4) is 0 Å². The molecule has 4 rings (SSSR count). The lowest BCUT2D eigenvalue weighted by Crippen LogP contribution is -2.51. The smallest absolute Gasteiger partial charge is 0.264 e. The maximum absolute atomic E-state index is 14.1. The number of amides is 2. The number of carbonyl (C=O) groups excluding carboxylic acids is 2. The minimum atomic E-state index is -4.20. The Labute approximate surface area is 268 Å². The van der Waals surface area contributed by atoms with Gasteiger partial charge >= 0.3 is 0 Å². The van der Waals surface area contributed by atoms with Crippen LogP contribution in [0.4, 0.5) is 5.69 Å². The van der Waals surface area contributed by atoms with Gasteiger partial charge in [-0.1, -0.05) is 72.6 Å². The quantitative estimate of drug-likeness (QED) is 0.169. The van der Waals surface area contributed by atoms with Gasteiger partial charge in [-0.15, -0.1) is 0 Å². The molecule has 4 aromatic carbocycles. The minimum Gasteiger partial charge on any atom is -0.457 e. The highest BCUT2D eigenvalue weighted by molar-refractivity contribution is 7.92. The predicted octanol–water partition coefficient (Wildman–Crippen LogP) is 6.92. The van der Waals surface area contributed by atoms with Crippen LogP contribution in [0.1, 0.15) is 25.8 Å². The van der Waals surface area contributed by atoms with Gasteiger partial charge in [-0.05, 0) is 79.6 Å². The van der Waals surface area contributed by atoms with Crippen molar-refractivity contribution in [2.24, 2.45) is 0 Å². The summed E-state index contributed by atoms with van der Waals surface area (Å²) in [5.41, 5.74) is 0.801. The summed E-state index contributed by atoms with van der Waals surface area (Å²) in [6.45, 7) is 3.33. The fraction of sp³-hybridized carbons (Fsp3) is 0.212. The third kappa shape index (κ3) is 8.31. The van der Waals surface area contributed by atoms with E-state index in [4.69, 9.17) is 27.9 Å². The molecule has 0 bridgehead atoms. The van der Waals surface area contributed by atoms with Gasteiger partial charge in [-0.2, -0.15) is 0 Å². The maximum atomic E-state index is 14.1. The Bertz CT molecular complexity index is 1670. The zero-order valence-corrected chi connectivity index (χ0v) is 26.6. The molecule has 11 heteroatoms. The summed E-state index contributed by atoms with van der Waals surface area (Å²) in [4.78, 5) is 28.4. The van der Waals surface area contributed by atoms with Crippen LogP contribution in [0, 0.1) is 0 Å². The molecular formula is C33H33Cl2N3O5S. The second-order valence-electron chi connectivity index (χ2n) is 9.96. The van der Waals surface area contributed by atoms with Gasteiger partial charge in [0.1, 0.15) is 24.1 Å². The van der Waals surface area contributed by atoms with Crippen molar-refractivity contribution in [3.8, 4) is 11.5 Å². The van der Waals surface area contributed by atoms with Crippen LogP contribution in [0.25, 0.3) is 0 Å². The fourth-order valence-electron chi connectivity index (χ4n) is 4.37. The lowest BCUT2D eigenvalue weighted by molar-refractivity contribution is -0.139. The van der Waals surface area contributed by atoms with Crippen molar-refractivity contribution in [3.05, 3.63) is 119 Å². The number of nitrogens with one attached hydrogen (secondary N) is 1. The lowest BCUT2D eigenvalue weighted by Gasteiger charge is -2.32. The van der Waals surface area contributed by atoms with E-state index in [-0.39, 0.29) is 23.0 Å². The van der Waals surface area contributed by atoms with E-state index in [1.165, 1.54) is 17.0 Å². The van der Waals surface area contributed by atoms with E-state index in [0.29, 0.717) is 40.1 Å². The molecule has 230 valence electrons. The van der Waals surface area contributed by atoms with Gasteiger partial charge in [0.25, 0.3) is 10.0 Å². The second kappa shape index (κ2) is 15.1. The first-order valence-electron chi connectivity index (χ1n) is 14.0. The van der Waals surface area contributed by atoms with Crippen molar-refractivity contribution in [2.45, 2.75) is 37.8 Å². The van der Waals surface area contributed by atoms with Gasteiger partial charge in [-0.3, -0.25) is 13.9 Å². The molecule has 0 radical (unpaired) electrons. The largest absolute Gasteiger partial charge is 0.457 e. The Morgan fingerprint density at radius 2 is 1.48 bits per heavy atom. The van der Waals surface area contributed by atoms with E-state index in [9.17, 15) is 18.0 Å². The number of hydrogen-bond acceptors (Lipinski definition) is 5. The zero-order chi connectivity index (χ0) is 31.7. The van der Waals surface area contributed by atoms with Crippen molar-refractivity contribution in [3.63, 3.8) is 0 Å². The molecule has 44 heavy (non-hydrogen) atoms. The number of ether oxygens (including phenoxy) is 1. The summed E-state index contributed by atoms with van der Waals surface area (Å²) >= 11 is 12.5. The van der Waals surface area contributed by atoms with Crippen LogP contribution in [0.2, 0.25) is 10.0 Å². The first kappa shape index (κ1) is 32.9. The lowest BCUT2D eigenvalue weighted by atomic mass is 10.1. The molecule has 8 nitrogen and oxygen atoms in total. The van der Waals surface area contributed by atoms with Gasteiger partial charge in [0.05, 0.1) is 10.6 Å². The third-order valence-corrected chi connectivity index (χ3v) is 9.16. The Kier molecular flexibility index (Phi) is 11.3. The van der Waals surface area contributed by atoms with Gasteiger partial charge in [0.2, 0.25) is 11.8 Å². The minimum absolute atomic E-state index is 0.0124. The maximum Gasteiger partial charge on any atom is 0.264 e. The van der Waals surface area contributed by atoms with Crippen LogP contribution in [0.5, 0.6) is 11.5 Å². The molecule has 0 heterocycles. The zero-order valence-electron chi connectivity index (χ0n) is 24.3. The van der Waals surface area contributed by atoms with E-state index in [1.807, 2.05) is 25.1 Å². The SMILES string of the molecule is CCCNC(=O)[C@@H](C)N(Cc1ccc(Cl)cc1Cl)C(=O)CN(c1ccc(Oc2ccccc2)cc1)S(=O)(=O)c1ccccc1. The molecule has 0 saturated carbocycles. The summed E-state index contributed by atoms with van der Waals surface area (Å²) in [6.07, 6.45) is 0.711. The highest BCUT2D eigenvalue weighted by Gasteiger charge is 2.32. The number of hydrogen-bond donors (Lipinski definition) is 1. The monoisotopic (exact) mass is 653 g/mol. The first-order valence-corrected chi connectivity index (χ1v) is 16.2. The number of nitrogens with zero attached hydrogens (tertiary/aromatic N) is 2. The molecule has 0 aliphatic carbocycles. The summed E-state index contributed by atoms with van der Waals surface area (Å²) in [5, 5.41) is 3.55. The molecule has 0 spiro atoms. The molecular weight excluding hydrogens is 621 g/mol. The molecule has 0 fully saturated rings. The van der Waals surface area contributed by atoms with Crippen LogP contribution in [0.15, 0.2) is 108 Å². The molecule has 4 aromatic rings. The molecule has 0 aliphatic rings. The molecule has 1 N–H and O–H groups in total. The highest BCUT2D eigenvalue weighted by atomic mass is 35.5. The van der Waals surface area contributed by atoms with E-state index in [0.717, 1.165) is 4.31 Å². The average molecular weight is 655 g/mol. The second-order valence-corrected chi connectivity index (χ2v) is 12.7. The Morgan fingerprint density at radius 3 is 2.09 bits per heavy atom. The predicted molar refractivity (Wildman–Crippen MR) is 174 cm³/mol. The van der Waals surface area contributed by atoms with Crippen molar-refractivity contribution >= 4 is 50.7 Å². The van der Waals surface area contributed by atoms with Crippen LogP contribution >= 0.6 is 23.2 Å². The van der Waals surface area contributed by atoms with E-state index >= 15 is 0 Å². The van der Waals surface area contributed by atoms with Gasteiger partial charge in [-0.25, -0.2) is 8.42 Å². The summed E-state index contributed by atoms with van der Waals surface area (Å²) in [6, 6.07) is 27.4. The van der Waals surface area contributed by atoms with Crippen molar-refractivity contribution in [2.75, 3.05) is 17.4 Å². The van der Waals surface area contributed by atoms with Crippen molar-refractivity contribution < 1.29 is 22.7 Å². The number of benzene rings is 4.